The number of benzene rings is 1. The molecule has 7 nitrogen and oxygen atoms in total. The van der Waals surface area contributed by atoms with Gasteiger partial charge in [0.15, 0.2) is 0 Å². The fourth-order valence-corrected chi connectivity index (χ4v) is 1.59. The molecule has 2 rings (SSSR count). The second-order valence-corrected chi connectivity index (χ2v) is 4.15. The zero-order valence-electron chi connectivity index (χ0n) is 11.3. The van der Waals surface area contributed by atoms with Gasteiger partial charge in [-0.05, 0) is 12.1 Å². The van der Waals surface area contributed by atoms with Crippen molar-refractivity contribution in [3.8, 4) is 6.07 Å². The van der Waals surface area contributed by atoms with E-state index in [0.29, 0.717) is 0 Å². The van der Waals surface area contributed by atoms with Gasteiger partial charge in [0.2, 0.25) is 5.95 Å². The van der Waals surface area contributed by atoms with Gasteiger partial charge in [-0.1, -0.05) is 12.1 Å². The molecule has 0 saturated carbocycles. The average molecular weight is 322 g/mol. The third kappa shape index (κ3) is 4.07. The van der Waals surface area contributed by atoms with Crippen LogP contribution in [-0.2, 0) is 11.0 Å². The molecule has 118 valence electrons. The molecule has 1 aromatic heterocycles. The number of halogens is 3. The maximum Gasteiger partial charge on any atom is 0.418 e. The Morgan fingerprint density at radius 3 is 2.70 bits per heavy atom. The van der Waals surface area contributed by atoms with Crippen molar-refractivity contribution in [1.29, 1.82) is 5.26 Å². The lowest BCUT2D eigenvalue weighted by Crippen LogP contribution is -2.18. The first kappa shape index (κ1) is 16.0. The number of H-pyrrole nitrogens is 1. The summed E-state index contributed by atoms with van der Waals surface area (Å²) >= 11 is 0. The number of para-hydroxylation sites is 1. The van der Waals surface area contributed by atoms with E-state index in [1.807, 2.05) is 0 Å². The lowest BCUT2D eigenvalue weighted by atomic mass is 10.1. The molecule has 23 heavy (non-hydrogen) atoms. The molecule has 0 atom stereocenters. The summed E-state index contributed by atoms with van der Waals surface area (Å²) in [5.41, 5.74) is -1.88. The Hall–Kier alpha value is -3.35. The van der Waals surface area contributed by atoms with E-state index in [1.165, 1.54) is 18.5 Å². The van der Waals surface area contributed by atoms with Crippen LogP contribution >= 0.6 is 0 Å². The third-order valence-corrected chi connectivity index (χ3v) is 2.61. The van der Waals surface area contributed by atoms with Crippen molar-refractivity contribution < 1.29 is 18.0 Å². The summed E-state index contributed by atoms with van der Waals surface area (Å²) in [5, 5.41) is 19.5. The number of amides is 1. The molecule has 0 aliphatic heterocycles. The smallest absolute Gasteiger partial charge is 0.330 e. The zero-order chi connectivity index (χ0) is 16.9. The topological polar surface area (TPSA) is 106 Å². The minimum absolute atomic E-state index is 0.168. The molecule has 0 radical (unpaired) electrons. The summed E-state index contributed by atoms with van der Waals surface area (Å²) in [5.74, 6) is -0.822. The van der Waals surface area contributed by atoms with Crippen LogP contribution in [0, 0.1) is 11.3 Å². The van der Waals surface area contributed by atoms with Crippen LogP contribution in [0.3, 0.4) is 0 Å². The SMILES string of the molecule is N#C/C(=C/Nc1ncn[nH]1)C(=O)Nc1ccccc1C(F)(F)F. The van der Waals surface area contributed by atoms with Gasteiger partial charge in [-0.25, -0.2) is 5.10 Å². The Labute approximate surface area is 127 Å². The Balaban J connectivity index is 2.18. The summed E-state index contributed by atoms with van der Waals surface area (Å²) in [6, 6.07) is 6.05. The number of nitriles is 1. The monoisotopic (exact) mass is 322 g/mol. The highest BCUT2D eigenvalue weighted by atomic mass is 19.4. The van der Waals surface area contributed by atoms with Gasteiger partial charge in [0, 0.05) is 6.20 Å². The summed E-state index contributed by atoms with van der Waals surface area (Å²) < 4.78 is 38.6. The first-order chi connectivity index (χ1) is 10.9. The van der Waals surface area contributed by atoms with Gasteiger partial charge in [-0.3, -0.25) is 4.79 Å². The first-order valence-corrected chi connectivity index (χ1v) is 6.11. The maximum absolute atomic E-state index is 12.9. The Morgan fingerprint density at radius 1 is 1.35 bits per heavy atom. The number of aromatic amines is 1. The van der Waals surface area contributed by atoms with E-state index in [2.05, 4.69) is 25.8 Å². The van der Waals surface area contributed by atoms with Crippen LogP contribution in [0.15, 0.2) is 42.4 Å². The molecule has 0 bridgehead atoms. The van der Waals surface area contributed by atoms with Gasteiger partial charge in [-0.15, -0.1) is 0 Å². The minimum Gasteiger partial charge on any atom is -0.330 e. The molecule has 0 saturated heterocycles. The standard InChI is InChI=1S/C13H9F3N6O/c14-13(15,16)9-3-1-2-4-10(9)21-11(23)8(5-17)6-18-12-19-7-20-22-12/h1-4,6-7H,(H,21,23)(H2,18,19,20,22)/b8-6-. The van der Waals surface area contributed by atoms with Crippen molar-refractivity contribution in [3.05, 3.63) is 47.9 Å². The Bertz CT molecular complexity index is 761. The lowest BCUT2D eigenvalue weighted by molar-refractivity contribution is -0.137. The number of carbonyl (C=O) groups is 1. The van der Waals surface area contributed by atoms with E-state index < -0.39 is 28.9 Å². The van der Waals surface area contributed by atoms with Gasteiger partial charge >= 0.3 is 6.18 Å². The normalized spacial score (nSPS) is 11.7. The third-order valence-electron chi connectivity index (χ3n) is 2.61. The number of anilines is 2. The van der Waals surface area contributed by atoms with Crippen molar-refractivity contribution in [1.82, 2.24) is 15.2 Å². The molecule has 1 heterocycles. The first-order valence-electron chi connectivity index (χ1n) is 6.11. The highest BCUT2D eigenvalue weighted by Gasteiger charge is 2.33. The summed E-state index contributed by atoms with van der Waals surface area (Å²) in [6.07, 6.45) is -2.42. The number of hydrogen-bond donors (Lipinski definition) is 3. The highest BCUT2D eigenvalue weighted by Crippen LogP contribution is 2.34. The van der Waals surface area contributed by atoms with Crippen LogP contribution in [0.1, 0.15) is 5.56 Å². The van der Waals surface area contributed by atoms with Gasteiger partial charge in [0.1, 0.15) is 18.0 Å². The summed E-state index contributed by atoms with van der Waals surface area (Å²) in [7, 11) is 0. The van der Waals surface area contributed by atoms with Crippen molar-refractivity contribution >= 4 is 17.5 Å². The van der Waals surface area contributed by atoms with Crippen LogP contribution in [0.2, 0.25) is 0 Å². The summed E-state index contributed by atoms with van der Waals surface area (Å²) in [6.45, 7) is 0. The quantitative estimate of drug-likeness (QED) is 0.591. The maximum atomic E-state index is 12.9. The van der Waals surface area contributed by atoms with Crippen molar-refractivity contribution in [3.63, 3.8) is 0 Å². The van der Waals surface area contributed by atoms with Gasteiger partial charge < -0.3 is 10.6 Å². The van der Waals surface area contributed by atoms with Gasteiger partial charge in [-0.2, -0.15) is 28.5 Å². The largest absolute Gasteiger partial charge is 0.418 e. The second-order valence-electron chi connectivity index (χ2n) is 4.15. The predicted molar refractivity (Wildman–Crippen MR) is 73.8 cm³/mol. The molecule has 0 unspecified atom stereocenters. The van der Waals surface area contributed by atoms with Crippen molar-refractivity contribution in [2.75, 3.05) is 10.6 Å². The van der Waals surface area contributed by atoms with Gasteiger partial charge in [0.05, 0.1) is 11.3 Å². The summed E-state index contributed by atoms with van der Waals surface area (Å²) in [4.78, 5) is 15.6. The van der Waals surface area contributed by atoms with Crippen LogP contribution < -0.4 is 10.6 Å². The van der Waals surface area contributed by atoms with Crippen LogP contribution in [0.25, 0.3) is 0 Å². The Morgan fingerprint density at radius 2 is 2.09 bits per heavy atom. The number of carbonyl (C=O) groups excluding carboxylic acids is 1. The number of alkyl halides is 3. The molecule has 3 N–H and O–H groups in total. The molecule has 1 amide bonds. The van der Waals surface area contributed by atoms with Gasteiger partial charge in [0.25, 0.3) is 5.91 Å². The van der Waals surface area contributed by atoms with E-state index >= 15 is 0 Å². The molecular formula is C13H9F3N6O. The highest BCUT2D eigenvalue weighted by molar-refractivity contribution is 6.07. The fourth-order valence-electron chi connectivity index (χ4n) is 1.59. The number of rotatable bonds is 4. The Kier molecular flexibility index (Phi) is 4.61. The fraction of sp³-hybridized carbons (Fsp3) is 0.0769. The molecule has 0 aliphatic rings. The number of hydrogen-bond acceptors (Lipinski definition) is 5. The van der Waals surface area contributed by atoms with E-state index in [9.17, 15) is 18.0 Å². The minimum atomic E-state index is -4.63. The van der Waals surface area contributed by atoms with E-state index in [-0.39, 0.29) is 5.95 Å². The lowest BCUT2D eigenvalue weighted by Gasteiger charge is -2.13. The molecule has 0 aliphatic carbocycles. The van der Waals surface area contributed by atoms with E-state index in [0.717, 1.165) is 18.3 Å². The predicted octanol–water partition coefficient (Wildman–Crippen LogP) is 2.28. The van der Waals surface area contributed by atoms with Crippen LogP contribution in [0.4, 0.5) is 24.8 Å². The molecular weight excluding hydrogens is 313 g/mol. The van der Waals surface area contributed by atoms with Crippen molar-refractivity contribution in [2.45, 2.75) is 6.18 Å². The van der Waals surface area contributed by atoms with Crippen LogP contribution in [0.5, 0.6) is 0 Å². The number of nitrogens with one attached hydrogen (secondary N) is 3. The zero-order valence-corrected chi connectivity index (χ0v) is 11.3. The van der Waals surface area contributed by atoms with E-state index in [1.54, 1.807) is 6.07 Å². The van der Waals surface area contributed by atoms with Crippen LogP contribution in [-0.4, -0.2) is 21.1 Å². The molecule has 0 spiro atoms. The second kappa shape index (κ2) is 6.61. The van der Waals surface area contributed by atoms with E-state index in [4.69, 9.17) is 5.26 Å². The molecule has 0 fully saturated rings. The number of nitrogens with zero attached hydrogens (tertiary/aromatic N) is 3. The molecule has 1 aromatic carbocycles. The molecule has 10 heteroatoms. The number of aromatic nitrogens is 3. The van der Waals surface area contributed by atoms with Crippen molar-refractivity contribution in [2.24, 2.45) is 0 Å². The molecule has 2 aromatic rings. The average Bonchev–Trinajstić information content (AvgIpc) is 3.00.